The van der Waals surface area contributed by atoms with Gasteiger partial charge in [-0.15, -0.1) is 0 Å². The van der Waals surface area contributed by atoms with Gasteiger partial charge in [0.2, 0.25) is 11.8 Å². The summed E-state index contributed by atoms with van der Waals surface area (Å²) in [6, 6.07) is 20.8. The number of carbonyl (C=O) groups is 2. The molecule has 0 aliphatic carbocycles. The van der Waals surface area contributed by atoms with Gasteiger partial charge in [0.1, 0.15) is 42.0 Å². The van der Waals surface area contributed by atoms with E-state index in [2.05, 4.69) is 46.9 Å². The predicted molar refractivity (Wildman–Crippen MR) is 250 cm³/mol. The Hall–Kier alpha value is -6.71. The molecule has 0 saturated heterocycles. The number of hydrogen-bond donors (Lipinski definition) is 4. The van der Waals surface area contributed by atoms with Crippen molar-refractivity contribution in [2.75, 3.05) is 78.3 Å². The van der Waals surface area contributed by atoms with E-state index in [4.69, 9.17) is 18.9 Å². The number of aryl methyl sites for hydroxylation is 2. The number of halogens is 1. The van der Waals surface area contributed by atoms with Gasteiger partial charge in [-0.1, -0.05) is 41.5 Å². The van der Waals surface area contributed by atoms with Gasteiger partial charge in [-0.3, -0.25) is 19.8 Å². The maximum atomic E-state index is 14.9. The molecule has 4 aromatic carbocycles. The fourth-order valence-corrected chi connectivity index (χ4v) is 7.70. The maximum absolute atomic E-state index is 14.9. The summed E-state index contributed by atoms with van der Waals surface area (Å²) in [6.45, 7) is 7.49. The first kappa shape index (κ1) is 46.3. The minimum absolute atomic E-state index is 0.0636. The molecule has 15 heteroatoms. The molecule has 2 aromatic heterocycles. The summed E-state index contributed by atoms with van der Waals surface area (Å²) in [4.78, 5) is 30.3. The Bertz CT molecular complexity index is 2530. The molecule has 0 saturated carbocycles. The second kappa shape index (κ2) is 21.8. The van der Waals surface area contributed by atoms with Crippen molar-refractivity contribution < 1.29 is 32.9 Å². The topological polar surface area (TPSA) is 159 Å². The van der Waals surface area contributed by atoms with Crippen LogP contribution in [0.3, 0.4) is 0 Å². The molecule has 2 amide bonds. The molecule has 0 fully saturated rings. The van der Waals surface area contributed by atoms with Crippen molar-refractivity contribution in [3.8, 4) is 45.3 Å². The summed E-state index contributed by atoms with van der Waals surface area (Å²) < 4.78 is 38.6. The molecule has 2 atom stereocenters. The van der Waals surface area contributed by atoms with Crippen LogP contribution in [0.15, 0.2) is 91.5 Å². The normalized spacial score (nSPS) is 15.2. The third-order valence-corrected chi connectivity index (χ3v) is 11.2. The molecule has 65 heavy (non-hydrogen) atoms. The molecule has 0 radical (unpaired) electrons. The minimum atomic E-state index is -0.465. The number of carbonyl (C=O) groups excluding carboxylic acids is 2. The van der Waals surface area contributed by atoms with Crippen LogP contribution >= 0.6 is 0 Å². The number of nitrogens with one attached hydrogen (secondary N) is 4. The highest BCUT2D eigenvalue weighted by molar-refractivity contribution is 5.96. The number of aromatic amines is 2. The fraction of sp³-hybridized carbons (Fsp3) is 0.360. The summed E-state index contributed by atoms with van der Waals surface area (Å²) in [6.07, 6.45) is 9.68. The van der Waals surface area contributed by atoms with Gasteiger partial charge in [0.25, 0.3) is 0 Å². The average Bonchev–Trinajstić information content (AvgIpc) is 4.04. The zero-order valence-electron chi connectivity index (χ0n) is 38.0. The van der Waals surface area contributed by atoms with Crippen molar-refractivity contribution >= 4 is 23.2 Å². The number of benzene rings is 4. The zero-order valence-corrected chi connectivity index (χ0v) is 38.0. The molecular weight excluding hydrogens is 828 g/mol. The second-order valence-electron chi connectivity index (χ2n) is 17.1. The van der Waals surface area contributed by atoms with E-state index in [0.717, 1.165) is 70.8 Å². The number of hydrogen-bond acceptors (Lipinski definition) is 10. The van der Waals surface area contributed by atoms with Crippen LogP contribution in [0.1, 0.15) is 35.1 Å². The first-order valence-electron chi connectivity index (χ1n) is 22.0. The third-order valence-electron chi connectivity index (χ3n) is 11.2. The lowest BCUT2D eigenvalue weighted by Gasteiger charge is -2.25. The Kier molecular flexibility index (Phi) is 15.5. The lowest BCUT2D eigenvalue weighted by molar-refractivity contribution is -0.121. The average molecular weight is 887 g/mol. The monoisotopic (exact) mass is 886 g/mol. The van der Waals surface area contributed by atoms with Crippen LogP contribution in [0.4, 0.5) is 15.8 Å². The molecule has 8 rings (SSSR count). The van der Waals surface area contributed by atoms with E-state index in [9.17, 15) is 14.0 Å². The summed E-state index contributed by atoms with van der Waals surface area (Å²) in [5.74, 6) is 1.38. The molecule has 0 bridgehead atoms. The highest BCUT2D eigenvalue weighted by Crippen LogP contribution is 2.36. The van der Waals surface area contributed by atoms with Crippen LogP contribution in [-0.2, 0) is 22.4 Å². The van der Waals surface area contributed by atoms with Gasteiger partial charge in [0, 0.05) is 48.2 Å². The van der Waals surface area contributed by atoms with Gasteiger partial charge in [0.15, 0.2) is 0 Å². The standard InChI is InChI=1S/C25H29FN4O3.C25H30N4O3/c1-16-5-6-23-17(9-16)10-18(15-33-23)25(31)29-22-12-21(26)20(19-13-27-28-14-19)11-24(22)32-8-4-7-30(2)3;1-17-5-8-23-19(11-17)12-20(16-32-23)25(30)28-22-7-6-18(21-14-26-27-15-21)13-24(22)31-10-4-9-29(2)3/h5-6,9,11-14,18H,4,7-8,10,15H2,1-3H3,(H,27,28)(H,29,31);5-8,11,13-15,20H,4,9-10,12,16H2,1-3H3,(H,26,27)(H,28,30). The Morgan fingerprint density at radius 1 is 0.677 bits per heavy atom. The third kappa shape index (κ3) is 12.5. The van der Waals surface area contributed by atoms with Crippen LogP contribution in [0, 0.1) is 31.5 Å². The number of anilines is 2. The molecule has 0 spiro atoms. The molecule has 2 unspecified atom stereocenters. The molecule has 4 heterocycles. The predicted octanol–water partition coefficient (Wildman–Crippen LogP) is 7.95. The van der Waals surface area contributed by atoms with Gasteiger partial charge in [0.05, 0.1) is 48.8 Å². The smallest absolute Gasteiger partial charge is 0.231 e. The summed E-state index contributed by atoms with van der Waals surface area (Å²) in [5.41, 5.74) is 8.24. The number of amides is 2. The number of nitrogens with zero attached hydrogens (tertiary/aromatic N) is 4. The number of rotatable bonds is 16. The van der Waals surface area contributed by atoms with Crippen molar-refractivity contribution in [3.63, 3.8) is 0 Å². The lowest BCUT2D eigenvalue weighted by atomic mass is 9.94. The Morgan fingerprint density at radius 3 is 1.72 bits per heavy atom. The van der Waals surface area contributed by atoms with E-state index in [1.54, 1.807) is 24.7 Å². The summed E-state index contributed by atoms with van der Waals surface area (Å²) in [5, 5.41) is 19.4. The quantitative estimate of drug-likeness (QED) is 0.0703. The molecule has 14 nitrogen and oxygen atoms in total. The van der Waals surface area contributed by atoms with Gasteiger partial charge in [-0.25, -0.2) is 4.39 Å². The van der Waals surface area contributed by atoms with Gasteiger partial charge < -0.3 is 39.4 Å². The highest BCUT2D eigenvalue weighted by Gasteiger charge is 2.29. The summed E-state index contributed by atoms with van der Waals surface area (Å²) in [7, 11) is 8.06. The van der Waals surface area contributed by atoms with Crippen LogP contribution in [0.25, 0.3) is 22.3 Å². The molecule has 342 valence electrons. The number of aromatic nitrogens is 4. The van der Waals surface area contributed by atoms with Gasteiger partial charge >= 0.3 is 0 Å². The highest BCUT2D eigenvalue weighted by atomic mass is 19.1. The molecular formula is C50H59FN8O6. The zero-order chi connectivity index (χ0) is 45.9. The molecule has 4 N–H and O–H groups in total. The van der Waals surface area contributed by atoms with E-state index < -0.39 is 5.82 Å². The maximum Gasteiger partial charge on any atom is 0.231 e. The lowest BCUT2D eigenvalue weighted by Crippen LogP contribution is -2.32. The van der Waals surface area contributed by atoms with Crippen molar-refractivity contribution in [3.05, 3.63) is 120 Å². The van der Waals surface area contributed by atoms with Gasteiger partial charge in [-0.05, 0) is 115 Å². The Balaban J connectivity index is 0.000000194. The van der Waals surface area contributed by atoms with Crippen molar-refractivity contribution in [2.24, 2.45) is 11.8 Å². The van der Waals surface area contributed by atoms with Crippen molar-refractivity contribution in [1.29, 1.82) is 0 Å². The Morgan fingerprint density at radius 2 is 1.20 bits per heavy atom. The van der Waals surface area contributed by atoms with Crippen LogP contribution < -0.4 is 29.6 Å². The van der Waals surface area contributed by atoms with Crippen molar-refractivity contribution in [1.82, 2.24) is 30.2 Å². The largest absolute Gasteiger partial charge is 0.492 e. The SMILES string of the molecule is Cc1ccc2c(c1)CC(C(=O)Nc1cc(F)c(-c3cn[nH]c3)cc1OCCCN(C)C)CO2.Cc1ccc2c(c1)CC(C(=O)Nc1ccc(-c3cn[nH]c3)cc1OCCCN(C)C)CO2. The van der Waals surface area contributed by atoms with Crippen LogP contribution in [0.2, 0.25) is 0 Å². The minimum Gasteiger partial charge on any atom is -0.492 e. The first-order chi connectivity index (χ1) is 31.4. The molecule has 6 aromatic rings. The van der Waals surface area contributed by atoms with Gasteiger partial charge in [-0.2, -0.15) is 10.2 Å². The number of fused-ring (bicyclic) bond motifs is 2. The van der Waals surface area contributed by atoms with E-state index in [-0.39, 0.29) is 30.3 Å². The first-order valence-corrected chi connectivity index (χ1v) is 22.0. The van der Waals surface area contributed by atoms with E-state index >= 15 is 0 Å². The fourth-order valence-electron chi connectivity index (χ4n) is 7.70. The van der Waals surface area contributed by atoms with Crippen LogP contribution in [0.5, 0.6) is 23.0 Å². The summed E-state index contributed by atoms with van der Waals surface area (Å²) >= 11 is 0. The number of H-pyrrole nitrogens is 2. The molecule has 2 aliphatic rings. The molecule has 2 aliphatic heterocycles. The van der Waals surface area contributed by atoms with E-state index in [1.807, 2.05) is 96.8 Å². The van der Waals surface area contributed by atoms with E-state index in [1.165, 1.54) is 6.07 Å². The van der Waals surface area contributed by atoms with E-state index in [0.29, 0.717) is 66.7 Å². The van der Waals surface area contributed by atoms with Crippen molar-refractivity contribution in [2.45, 2.75) is 39.5 Å². The number of ether oxygens (including phenoxy) is 4. The second-order valence-corrected chi connectivity index (χ2v) is 17.1. The van der Waals surface area contributed by atoms with Crippen LogP contribution in [-0.4, -0.2) is 110 Å². The Labute approximate surface area is 379 Å².